The third-order valence-corrected chi connectivity index (χ3v) is 7.19. The largest absolute Gasteiger partial charge is 0.481 e. The first-order valence-corrected chi connectivity index (χ1v) is 13.1. The number of amides is 2. The molecule has 0 fully saturated rings. The zero-order chi connectivity index (χ0) is 26.7. The van der Waals surface area contributed by atoms with E-state index < -0.39 is 12.0 Å². The first-order chi connectivity index (χ1) is 17.7. The van der Waals surface area contributed by atoms with Crippen molar-refractivity contribution in [1.82, 2.24) is 4.90 Å². The summed E-state index contributed by atoms with van der Waals surface area (Å²) in [6.45, 7) is 0.328. The van der Waals surface area contributed by atoms with Gasteiger partial charge in [-0.2, -0.15) is 0 Å². The minimum Gasteiger partial charge on any atom is -0.481 e. The van der Waals surface area contributed by atoms with E-state index in [2.05, 4.69) is 15.9 Å². The summed E-state index contributed by atoms with van der Waals surface area (Å²) < 4.78 is 0.689. The molecule has 2 amide bonds. The number of fused-ring (bicyclic) bond motifs is 1. The monoisotopic (exact) mass is 626 g/mol. The molecule has 0 aromatic heterocycles. The maximum absolute atomic E-state index is 14.2. The fourth-order valence-corrected chi connectivity index (χ4v) is 5.05. The first kappa shape index (κ1) is 30.5. The van der Waals surface area contributed by atoms with Crippen molar-refractivity contribution in [3.05, 3.63) is 91.9 Å². The van der Waals surface area contributed by atoms with Crippen LogP contribution in [0.2, 0.25) is 10.0 Å². The second-order valence-corrected chi connectivity index (χ2v) is 10.5. The quantitative estimate of drug-likeness (QED) is 0.183. The van der Waals surface area contributed by atoms with Gasteiger partial charge in [0, 0.05) is 69.3 Å². The van der Waals surface area contributed by atoms with Crippen LogP contribution in [0.1, 0.15) is 46.8 Å². The van der Waals surface area contributed by atoms with Crippen LogP contribution in [0.3, 0.4) is 0 Å². The zero-order valence-corrected chi connectivity index (χ0v) is 25.8. The standard InChI is InChI=1S/C27H24BrCl2N3O4.Na/c28-18-7-11-23-21(13-18)26(36)33(15-17-6-10-20(30)14-22(17)31)25(16-4-8-19(29)9-5-16)27(37)32(23)12-2-1-3-24(34)35;/h4-11,13-14,25H,1-3,12,15,31H2,(H,34,35);. The van der Waals surface area contributed by atoms with E-state index in [0.717, 1.165) is 0 Å². The molecule has 193 valence electrons. The summed E-state index contributed by atoms with van der Waals surface area (Å²) in [6, 6.07) is 16.1. The third kappa shape index (κ3) is 6.92. The molecule has 38 heavy (non-hydrogen) atoms. The number of carboxylic acid groups (broad SMARTS) is 1. The zero-order valence-electron chi connectivity index (χ0n) is 20.7. The predicted octanol–water partition coefficient (Wildman–Crippen LogP) is 5.94. The number of aliphatic carboxylic acids is 1. The number of carbonyl (C=O) groups is 3. The minimum atomic E-state index is -0.967. The van der Waals surface area contributed by atoms with Crippen LogP contribution in [0.4, 0.5) is 11.4 Å². The Bertz CT molecular complexity index is 1360. The van der Waals surface area contributed by atoms with E-state index >= 15 is 0 Å². The van der Waals surface area contributed by atoms with Crippen LogP contribution >= 0.6 is 39.1 Å². The van der Waals surface area contributed by atoms with Crippen molar-refractivity contribution >= 4 is 97.8 Å². The Hall–Kier alpha value is -2.07. The number of hydrogen-bond donors (Lipinski definition) is 2. The van der Waals surface area contributed by atoms with Crippen molar-refractivity contribution < 1.29 is 19.5 Å². The molecule has 3 N–H and O–H groups in total. The Morgan fingerprint density at radius 1 is 0.974 bits per heavy atom. The summed E-state index contributed by atoms with van der Waals surface area (Å²) in [4.78, 5) is 42.4. The van der Waals surface area contributed by atoms with E-state index in [1.807, 2.05) is 0 Å². The maximum atomic E-state index is 14.2. The van der Waals surface area contributed by atoms with Gasteiger partial charge < -0.3 is 20.6 Å². The van der Waals surface area contributed by atoms with Gasteiger partial charge in [0.15, 0.2) is 0 Å². The van der Waals surface area contributed by atoms with Gasteiger partial charge in [0.05, 0.1) is 11.3 Å². The van der Waals surface area contributed by atoms with Crippen LogP contribution < -0.4 is 10.6 Å². The second-order valence-electron chi connectivity index (χ2n) is 8.73. The molecule has 0 spiro atoms. The van der Waals surface area contributed by atoms with Crippen LogP contribution in [0, 0.1) is 0 Å². The summed E-state index contributed by atoms with van der Waals surface area (Å²) in [6.07, 6.45) is 0.853. The number of anilines is 2. The van der Waals surface area contributed by atoms with Gasteiger partial charge in [-0.1, -0.05) is 57.3 Å². The molecule has 1 radical (unpaired) electrons. The fourth-order valence-electron chi connectivity index (χ4n) is 4.39. The van der Waals surface area contributed by atoms with Gasteiger partial charge in [-0.3, -0.25) is 14.4 Å². The molecule has 1 heterocycles. The van der Waals surface area contributed by atoms with Crippen LogP contribution in [0.25, 0.3) is 0 Å². The molecule has 4 rings (SSSR count). The first-order valence-electron chi connectivity index (χ1n) is 11.6. The number of carboxylic acids is 1. The number of nitrogens with zero attached hydrogens (tertiary/aromatic N) is 2. The van der Waals surface area contributed by atoms with E-state index in [-0.39, 0.29) is 60.9 Å². The van der Waals surface area contributed by atoms with E-state index in [0.29, 0.717) is 55.4 Å². The average Bonchev–Trinajstić information content (AvgIpc) is 2.93. The van der Waals surface area contributed by atoms with E-state index in [4.69, 9.17) is 34.0 Å². The molecule has 3 aromatic rings. The normalized spacial score (nSPS) is 15.1. The van der Waals surface area contributed by atoms with Gasteiger partial charge in [0.2, 0.25) is 0 Å². The van der Waals surface area contributed by atoms with Gasteiger partial charge in [0.1, 0.15) is 6.04 Å². The molecule has 0 bridgehead atoms. The molecule has 1 unspecified atom stereocenters. The van der Waals surface area contributed by atoms with Crippen molar-refractivity contribution in [2.24, 2.45) is 0 Å². The molecule has 1 atom stereocenters. The molecule has 3 aromatic carbocycles. The van der Waals surface area contributed by atoms with Crippen LogP contribution in [0.5, 0.6) is 0 Å². The summed E-state index contributed by atoms with van der Waals surface area (Å²) in [7, 11) is 0. The molecule has 0 aliphatic carbocycles. The molecule has 11 heteroatoms. The molecular formula is C27H24BrCl2N3NaO4. The molecule has 0 saturated carbocycles. The Labute approximate surface area is 261 Å². The summed E-state index contributed by atoms with van der Waals surface area (Å²) in [5.41, 5.74) is 8.70. The van der Waals surface area contributed by atoms with Crippen molar-refractivity contribution in [1.29, 1.82) is 0 Å². The SMILES string of the molecule is Nc1cc(Cl)ccc1CN1C(=O)c2cc(Br)ccc2N(CCCCC(=O)O)C(=O)C1c1ccc(Cl)cc1.[Na]. The van der Waals surface area contributed by atoms with Gasteiger partial charge >= 0.3 is 5.97 Å². The topological polar surface area (TPSA) is 104 Å². The number of unbranched alkanes of at least 4 members (excludes halogenated alkanes) is 1. The van der Waals surface area contributed by atoms with Gasteiger partial charge in [-0.05, 0) is 66.4 Å². The molecule has 1 aliphatic heterocycles. The van der Waals surface area contributed by atoms with Crippen molar-refractivity contribution in [2.75, 3.05) is 17.2 Å². The van der Waals surface area contributed by atoms with Gasteiger partial charge in [-0.15, -0.1) is 0 Å². The Morgan fingerprint density at radius 2 is 1.66 bits per heavy atom. The van der Waals surface area contributed by atoms with Crippen LogP contribution in [0.15, 0.2) is 65.1 Å². The summed E-state index contributed by atoms with van der Waals surface area (Å²) >= 11 is 15.6. The Balaban J connectivity index is 0.00000400. The molecule has 0 saturated heterocycles. The molecule has 1 aliphatic rings. The van der Waals surface area contributed by atoms with Crippen LogP contribution in [-0.2, 0) is 16.1 Å². The molecule has 7 nitrogen and oxygen atoms in total. The number of rotatable bonds is 8. The maximum Gasteiger partial charge on any atom is 0.303 e. The average molecular weight is 628 g/mol. The van der Waals surface area contributed by atoms with E-state index in [9.17, 15) is 14.4 Å². The van der Waals surface area contributed by atoms with Gasteiger partial charge in [-0.25, -0.2) is 0 Å². The summed E-state index contributed by atoms with van der Waals surface area (Å²) in [5.74, 6) is -1.54. The Morgan fingerprint density at radius 3 is 2.32 bits per heavy atom. The van der Waals surface area contributed by atoms with Crippen molar-refractivity contribution in [2.45, 2.75) is 31.8 Å². The second kappa shape index (κ2) is 13.3. The third-order valence-electron chi connectivity index (χ3n) is 6.21. The number of halogens is 3. The van der Waals surface area contributed by atoms with E-state index in [1.165, 1.54) is 4.90 Å². The number of hydrogen-bond acceptors (Lipinski definition) is 4. The molecular weight excluding hydrogens is 604 g/mol. The van der Waals surface area contributed by atoms with E-state index in [1.54, 1.807) is 65.6 Å². The number of carbonyl (C=O) groups excluding carboxylic acids is 2. The van der Waals surface area contributed by atoms with Crippen molar-refractivity contribution in [3.8, 4) is 0 Å². The van der Waals surface area contributed by atoms with Gasteiger partial charge in [0.25, 0.3) is 11.8 Å². The minimum absolute atomic E-state index is 0. The van der Waals surface area contributed by atoms with Crippen molar-refractivity contribution in [3.63, 3.8) is 0 Å². The number of nitrogens with two attached hydrogens (primary N) is 1. The number of nitrogen functional groups attached to an aromatic ring is 1. The fraction of sp³-hybridized carbons (Fsp3) is 0.222. The Kier molecular flexibility index (Phi) is 10.7. The van der Waals surface area contributed by atoms with Crippen LogP contribution in [-0.4, -0.2) is 63.9 Å². The number of benzene rings is 3. The summed E-state index contributed by atoms with van der Waals surface area (Å²) in [5, 5.41) is 10.0. The predicted molar refractivity (Wildman–Crippen MR) is 154 cm³/mol. The smallest absolute Gasteiger partial charge is 0.303 e.